The molecule has 0 aliphatic heterocycles. The van der Waals surface area contributed by atoms with E-state index in [1.807, 2.05) is 23.9 Å². The summed E-state index contributed by atoms with van der Waals surface area (Å²) in [5.74, 6) is 5.56. The summed E-state index contributed by atoms with van der Waals surface area (Å²) < 4.78 is 1.86. The summed E-state index contributed by atoms with van der Waals surface area (Å²) >= 11 is 11.9. The fourth-order valence-corrected chi connectivity index (χ4v) is 1.93. The van der Waals surface area contributed by atoms with Crippen LogP contribution in [0.15, 0.2) is 30.7 Å². The molecule has 0 spiro atoms. The van der Waals surface area contributed by atoms with Crippen LogP contribution in [0.25, 0.3) is 0 Å². The van der Waals surface area contributed by atoms with E-state index in [0.717, 1.165) is 11.3 Å². The van der Waals surface area contributed by atoms with Gasteiger partial charge in [0.05, 0.1) is 28.1 Å². The molecule has 3 N–H and O–H groups in total. The second kappa shape index (κ2) is 5.06. The zero-order chi connectivity index (χ0) is 12.4. The quantitative estimate of drug-likeness (QED) is 0.665. The van der Waals surface area contributed by atoms with Gasteiger partial charge >= 0.3 is 0 Å². The number of halogens is 2. The normalized spacial score (nSPS) is 12.7. The van der Waals surface area contributed by atoms with E-state index in [1.165, 1.54) is 0 Å². The Bertz CT molecular complexity index is 524. The van der Waals surface area contributed by atoms with Gasteiger partial charge in [0.2, 0.25) is 0 Å². The van der Waals surface area contributed by atoms with Gasteiger partial charge in [-0.05, 0) is 17.7 Å². The molecule has 0 fully saturated rings. The van der Waals surface area contributed by atoms with Crippen LogP contribution >= 0.6 is 23.2 Å². The highest BCUT2D eigenvalue weighted by atomic mass is 35.5. The fourth-order valence-electron chi connectivity index (χ4n) is 1.63. The highest BCUT2D eigenvalue weighted by Gasteiger charge is 2.15. The average molecular weight is 271 g/mol. The maximum Gasteiger partial charge on any atom is 0.0947 e. The first-order valence-corrected chi connectivity index (χ1v) is 5.76. The Morgan fingerprint density at radius 1 is 1.35 bits per heavy atom. The number of hydrazine groups is 1. The predicted octanol–water partition coefficient (Wildman–Crippen LogP) is 2.28. The highest BCUT2D eigenvalue weighted by molar-refractivity contribution is 6.42. The Labute approximate surface area is 109 Å². The van der Waals surface area contributed by atoms with Crippen LogP contribution < -0.4 is 11.3 Å². The minimum atomic E-state index is -0.203. The summed E-state index contributed by atoms with van der Waals surface area (Å²) in [7, 11) is 1.90. The molecule has 0 saturated heterocycles. The summed E-state index contributed by atoms with van der Waals surface area (Å²) in [5, 5.41) is 1.02. The molecule has 0 bridgehead atoms. The first-order valence-electron chi connectivity index (χ1n) is 5.00. The molecule has 90 valence electrons. The number of benzene rings is 1. The van der Waals surface area contributed by atoms with Crippen molar-refractivity contribution in [2.45, 2.75) is 6.04 Å². The van der Waals surface area contributed by atoms with Gasteiger partial charge in [-0.25, -0.2) is 10.4 Å². The van der Waals surface area contributed by atoms with Gasteiger partial charge in [-0.3, -0.25) is 5.84 Å². The van der Waals surface area contributed by atoms with Crippen molar-refractivity contribution in [1.82, 2.24) is 15.0 Å². The second-order valence-corrected chi connectivity index (χ2v) is 4.55. The van der Waals surface area contributed by atoms with Crippen LogP contribution in [-0.4, -0.2) is 9.55 Å². The molecule has 0 radical (unpaired) electrons. The number of rotatable bonds is 3. The largest absolute Gasteiger partial charge is 0.340 e. The lowest BCUT2D eigenvalue weighted by Gasteiger charge is -2.14. The number of hydrogen-bond acceptors (Lipinski definition) is 3. The standard InChI is InChI=1S/C11H12Cl2N4/c1-17-5-10(15-6-17)11(16-14)7-2-3-8(12)9(13)4-7/h2-6,11,16H,14H2,1H3. The SMILES string of the molecule is Cn1cnc(C(NN)c2ccc(Cl)c(Cl)c2)c1. The Morgan fingerprint density at radius 3 is 2.65 bits per heavy atom. The highest BCUT2D eigenvalue weighted by Crippen LogP contribution is 2.27. The smallest absolute Gasteiger partial charge is 0.0947 e. The van der Waals surface area contributed by atoms with Crippen molar-refractivity contribution in [1.29, 1.82) is 0 Å². The van der Waals surface area contributed by atoms with Crippen molar-refractivity contribution < 1.29 is 0 Å². The number of nitrogens with two attached hydrogens (primary N) is 1. The van der Waals surface area contributed by atoms with Gasteiger partial charge < -0.3 is 4.57 Å². The third-order valence-electron chi connectivity index (χ3n) is 2.46. The summed E-state index contributed by atoms with van der Waals surface area (Å²) in [6.07, 6.45) is 3.62. The third kappa shape index (κ3) is 2.61. The van der Waals surface area contributed by atoms with Gasteiger partial charge in [0.15, 0.2) is 0 Å². The molecular formula is C11H12Cl2N4. The van der Waals surface area contributed by atoms with E-state index in [1.54, 1.807) is 18.5 Å². The molecule has 6 heteroatoms. The van der Waals surface area contributed by atoms with Crippen molar-refractivity contribution >= 4 is 23.2 Å². The third-order valence-corrected chi connectivity index (χ3v) is 3.20. The maximum absolute atomic E-state index is 5.98. The van der Waals surface area contributed by atoms with Crippen molar-refractivity contribution in [2.75, 3.05) is 0 Å². The number of aryl methyl sites for hydroxylation is 1. The second-order valence-electron chi connectivity index (χ2n) is 3.74. The van der Waals surface area contributed by atoms with E-state index in [9.17, 15) is 0 Å². The van der Waals surface area contributed by atoms with Gasteiger partial charge in [-0.2, -0.15) is 0 Å². The van der Waals surface area contributed by atoms with Gasteiger partial charge in [0.1, 0.15) is 0 Å². The molecule has 17 heavy (non-hydrogen) atoms. The van der Waals surface area contributed by atoms with E-state index >= 15 is 0 Å². The van der Waals surface area contributed by atoms with Crippen molar-refractivity contribution in [2.24, 2.45) is 12.9 Å². The Hall–Kier alpha value is -1.07. The lowest BCUT2D eigenvalue weighted by Crippen LogP contribution is -2.29. The lowest BCUT2D eigenvalue weighted by atomic mass is 10.1. The number of nitrogens with one attached hydrogen (secondary N) is 1. The summed E-state index contributed by atoms with van der Waals surface area (Å²) in [6, 6.07) is 5.19. The van der Waals surface area contributed by atoms with E-state index in [-0.39, 0.29) is 6.04 Å². The first kappa shape index (κ1) is 12.4. The van der Waals surface area contributed by atoms with E-state index in [2.05, 4.69) is 10.4 Å². The first-order chi connectivity index (χ1) is 8.11. The Balaban J connectivity index is 2.38. The molecule has 0 amide bonds. The van der Waals surface area contributed by atoms with Crippen LogP contribution in [0, 0.1) is 0 Å². The topological polar surface area (TPSA) is 55.9 Å². The molecule has 1 atom stereocenters. The average Bonchev–Trinajstić information content (AvgIpc) is 2.71. The summed E-state index contributed by atoms with van der Waals surface area (Å²) in [4.78, 5) is 4.26. The zero-order valence-electron chi connectivity index (χ0n) is 9.19. The molecular weight excluding hydrogens is 259 g/mol. The molecule has 4 nitrogen and oxygen atoms in total. The van der Waals surface area contributed by atoms with Crippen LogP contribution in [0.1, 0.15) is 17.3 Å². The van der Waals surface area contributed by atoms with Gasteiger partial charge in [-0.15, -0.1) is 0 Å². The van der Waals surface area contributed by atoms with Crippen LogP contribution in [0.5, 0.6) is 0 Å². The molecule has 0 aliphatic carbocycles. The number of nitrogens with zero attached hydrogens (tertiary/aromatic N) is 2. The molecule has 1 aromatic heterocycles. The Kier molecular flexibility index (Phi) is 3.69. The summed E-state index contributed by atoms with van der Waals surface area (Å²) in [6.45, 7) is 0. The molecule has 2 rings (SSSR count). The minimum Gasteiger partial charge on any atom is -0.340 e. The van der Waals surface area contributed by atoms with Crippen LogP contribution in [0.3, 0.4) is 0 Å². The van der Waals surface area contributed by atoms with Crippen molar-refractivity contribution in [3.05, 3.63) is 52.0 Å². The zero-order valence-corrected chi connectivity index (χ0v) is 10.7. The molecule has 1 unspecified atom stereocenters. The molecule has 1 aromatic carbocycles. The van der Waals surface area contributed by atoms with Crippen LogP contribution in [0.4, 0.5) is 0 Å². The molecule has 0 saturated carbocycles. The lowest BCUT2D eigenvalue weighted by molar-refractivity contribution is 0.623. The molecule has 1 heterocycles. The summed E-state index contributed by atoms with van der Waals surface area (Å²) in [5.41, 5.74) is 4.46. The fraction of sp³-hybridized carbons (Fsp3) is 0.182. The van der Waals surface area contributed by atoms with Gasteiger partial charge in [0.25, 0.3) is 0 Å². The molecule has 0 aliphatic rings. The van der Waals surface area contributed by atoms with Crippen LogP contribution in [0.2, 0.25) is 10.0 Å². The number of aromatic nitrogens is 2. The van der Waals surface area contributed by atoms with E-state index in [4.69, 9.17) is 29.0 Å². The van der Waals surface area contributed by atoms with Crippen molar-refractivity contribution in [3.63, 3.8) is 0 Å². The predicted molar refractivity (Wildman–Crippen MR) is 68.8 cm³/mol. The van der Waals surface area contributed by atoms with Crippen molar-refractivity contribution in [3.8, 4) is 0 Å². The van der Waals surface area contributed by atoms with Gasteiger partial charge in [0, 0.05) is 13.2 Å². The van der Waals surface area contributed by atoms with E-state index < -0.39 is 0 Å². The Morgan fingerprint density at radius 2 is 2.12 bits per heavy atom. The minimum absolute atomic E-state index is 0.203. The van der Waals surface area contributed by atoms with Gasteiger partial charge in [-0.1, -0.05) is 29.3 Å². The number of hydrogen-bond donors (Lipinski definition) is 2. The number of imidazole rings is 1. The molecule has 2 aromatic rings. The van der Waals surface area contributed by atoms with Crippen LogP contribution in [-0.2, 0) is 7.05 Å². The maximum atomic E-state index is 5.98. The monoisotopic (exact) mass is 270 g/mol. The van der Waals surface area contributed by atoms with E-state index in [0.29, 0.717) is 10.0 Å².